The number of tetrazole rings is 1. The van der Waals surface area contributed by atoms with Crippen LogP contribution in [0, 0.1) is 13.8 Å². The van der Waals surface area contributed by atoms with Crippen molar-refractivity contribution in [1.29, 1.82) is 0 Å². The van der Waals surface area contributed by atoms with E-state index in [4.69, 9.17) is 0 Å². The highest BCUT2D eigenvalue weighted by molar-refractivity contribution is 5.77. The molecule has 0 radical (unpaired) electrons. The number of benzene rings is 1. The van der Waals surface area contributed by atoms with Crippen molar-refractivity contribution in [3.63, 3.8) is 0 Å². The van der Waals surface area contributed by atoms with Crippen LogP contribution in [0.25, 0.3) is 11.4 Å². The normalized spacial score (nSPS) is 11.6. The molecule has 2 aromatic rings. The molecule has 1 aromatic heterocycles. The topological polar surface area (TPSA) is 80.9 Å². The first-order valence-electron chi connectivity index (χ1n) is 7.06. The summed E-state index contributed by atoms with van der Waals surface area (Å²) >= 11 is 0. The lowest BCUT2D eigenvalue weighted by molar-refractivity contribution is -0.148. The van der Waals surface area contributed by atoms with Crippen molar-refractivity contribution in [2.24, 2.45) is 0 Å². The smallest absolute Gasteiger partial charge is 0.331 e. The number of aliphatic carboxylic acids is 1. The lowest BCUT2D eigenvalue weighted by Gasteiger charge is -2.27. The molecule has 0 amide bonds. The summed E-state index contributed by atoms with van der Waals surface area (Å²) in [6, 6.07) is 5.95. The van der Waals surface area contributed by atoms with E-state index in [0.29, 0.717) is 18.7 Å². The van der Waals surface area contributed by atoms with E-state index in [0.717, 1.165) is 16.7 Å². The molecule has 1 aromatic carbocycles. The van der Waals surface area contributed by atoms with E-state index in [1.54, 1.807) is 0 Å². The highest BCUT2D eigenvalue weighted by Crippen LogP contribution is 2.31. The zero-order valence-corrected chi connectivity index (χ0v) is 12.8. The third kappa shape index (κ3) is 2.41. The predicted octanol–water partition coefficient (Wildman–Crippen LogP) is 2.56. The monoisotopic (exact) mass is 288 g/mol. The van der Waals surface area contributed by atoms with Gasteiger partial charge in [-0.1, -0.05) is 37.6 Å². The maximum Gasteiger partial charge on any atom is 0.331 e. The van der Waals surface area contributed by atoms with Gasteiger partial charge in [-0.05, 0) is 42.7 Å². The Morgan fingerprint density at radius 3 is 2.48 bits per heavy atom. The Labute approximate surface area is 123 Å². The summed E-state index contributed by atoms with van der Waals surface area (Å²) < 4.78 is 1.45. The third-order valence-electron chi connectivity index (χ3n) is 4.07. The van der Waals surface area contributed by atoms with Gasteiger partial charge in [-0.3, -0.25) is 0 Å². The SMILES string of the molecule is CCC(CC)(C(=O)O)n1nnnc1-c1ccc(C)cc1C. The molecule has 0 bridgehead atoms. The zero-order valence-electron chi connectivity index (χ0n) is 12.8. The largest absolute Gasteiger partial charge is 0.479 e. The van der Waals surface area contributed by atoms with Crippen molar-refractivity contribution < 1.29 is 9.90 Å². The Morgan fingerprint density at radius 1 is 1.29 bits per heavy atom. The van der Waals surface area contributed by atoms with Gasteiger partial charge >= 0.3 is 5.97 Å². The number of rotatable bonds is 5. The van der Waals surface area contributed by atoms with Crippen molar-refractivity contribution in [2.75, 3.05) is 0 Å². The van der Waals surface area contributed by atoms with Crippen LogP contribution in [0.4, 0.5) is 0 Å². The molecule has 1 heterocycles. The second-order valence-corrected chi connectivity index (χ2v) is 5.28. The van der Waals surface area contributed by atoms with Gasteiger partial charge in [0.25, 0.3) is 0 Å². The van der Waals surface area contributed by atoms with Crippen LogP contribution in [0.2, 0.25) is 0 Å². The minimum Gasteiger partial charge on any atom is -0.479 e. The van der Waals surface area contributed by atoms with Crippen molar-refractivity contribution in [2.45, 2.75) is 46.1 Å². The summed E-state index contributed by atoms with van der Waals surface area (Å²) in [7, 11) is 0. The van der Waals surface area contributed by atoms with E-state index in [-0.39, 0.29) is 0 Å². The maximum absolute atomic E-state index is 11.8. The van der Waals surface area contributed by atoms with Crippen LogP contribution in [0.15, 0.2) is 18.2 Å². The Kier molecular flexibility index (Phi) is 4.06. The van der Waals surface area contributed by atoms with Gasteiger partial charge in [-0.25, -0.2) is 9.48 Å². The van der Waals surface area contributed by atoms with Gasteiger partial charge in [-0.15, -0.1) is 5.10 Å². The highest BCUT2D eigenvalue weighted by Gasteiger charge is 2.40. The average molecular weight is 288 g/mol. The van der Waals surface area contributed by atoms with Gasteiger partial charge in [0.2, 0.25) is 0 Å². The van der Waals surface area contributed by atoms with Crippen LogP contribution in [0.5, 0.6) is 0 Å². The predicted molar refractivity (Wildman–Crippen MR) is 78.9 cm³/mol. The number of nitrogens with zero attached hydrogens (tertiary/aromatic N) is 4. The number of carbonyl (C=O) groups is 1. The Hall–Kier alpha value is -2.24. The molecule has 0 saturated carbocycles. The van der Waals surface area contributed by atoms with Crippen LogP contribution >= 0.6 is 0 Å². The van der Waals surface area contributed by atoms with Gasteiger partial charge in [0.05, 0.1) is 0 Å². The molecular weight excluding hydrogens is 268 g/mol. The first kappa shape index (κ1) is 15.2. The molecule has 6 nitrogen and oxygen atoms in total. The van der Waals surface area contributed by atoms with Crippen LogP contribution in [0.3, 0.4) is 0 Å². The first-order chi connectivity index (χ1) is 9.96. The minimum absolute atomic E-state index is 0.418. The molecule has 112 valence electrons. The van der Waals surface area contributed by atoms with Gasteiger partial charge < -0.3 is 5.11 Å². The molecule has 0 aliphatic carbocycles. The van der Waals surface area contributed by atoms with Crippen molar-refractivity contribution in [3.8, 4) is 11.4 Å². The third-order valence-corrected chi connectivity index (χ3v) is 4.07. The zero-order chi connectivity index (χ0) is 15.6. The molecule has 0 spiro atoms. The molecule has 0 atom stereocenters. The standard InChI is InChI=1S/C15H20N4O2/c1-5-15(6-2,14(20)21)19-13(16-17-18-19)12-8-7-10(3)9-11(12)4/h7-9H,5-6H2,1-4H3,(H,20,21). The fourth-order valence-electron chi connectivity index (χ4n) is 2.65. The van der Waals surface area contributed by atoms with Crippen molar-refractivity contribution in [1.82, 2.24) is 20.2 Å². The number of carboxylic acids is 1. The number of aromatic nitrogens is 4. The molecule has 0 saturated heterocycles. The quantitative estimate of drug-likeness (QED) is 0.914. The number of hydrogen-bond donors (Lipinski definition) is 1. The first-order valence-corrected chi connectivity index (χ1v) is 7.06. The summed E-state index contributed by atoms with van der Waals surface area (Å²) in [6.07, 6.45) is 0.837. The van der Waals surface area contributed by atoms with Crippen LogP contribution < -0.4 is 0 Å². The Bertz CT molecular complexity index is 659. The summed E-state index contributed by atoms with van der Waals surface area (Å²) in [4.78, 5) is 11.8. The van der Waals surface area contributed by atoms with E-state index >= 15 is 0 Å². The molecule has 0 fully saturated rings. The van der Waals surface area contributed by atoms with E-state index < -0.39 is 11.5 Å². The second kappa shape index (κ2) is 5.63. The van der Waals surface area contributed by atoms with Crippen LogP contribution in [0.1, 0.15) is 37.8 Å². The van der Waals surface area contributed by atoms with Crippen molar-refractivity contribution >= 4 is 5.97 Å². The number of aryl methyl sites for hydroxylation is 2. The number of carboxylic acid groups (broad SMARTS) is 1. The van der Waals surface area contributed by atoms with E-state index in [1.165, 1.54) is 4.68 Å². The maximum atomic E-state index is 11.8. The fourth-order valence-corrected chi connectivity index (χ4v) is 2.65. The second-order valence-electron chi connectivity index (χ2n) is 5.28. The summed E-state index contributed by atoms with van der Waals surface area (Å²) in [5.74, 6) is -0.413. The summed E-state index contributed by atoms with van der Waals surface area (Å²) in [5.41, 5.74) is 1.91. The molecule has 2 rings (SSSR count). The average Bonchev–Trinajstić information content (AvgIpc) is 2.90. The highest BCUT2D eigenvalue weighted by atomic mass is 16.4. The van der Waals surface area contributed by atoms with Gasteiger partial charge in [-0.2, -0.15) is 0 Å². The minimum atomic E-state index is -1.11. The van der Waals surface area contributed by atoms with E-state index in [9.17, 15) is 9.90 Å². The Balaban J connectivity index is 2.64. The molecule has 0 aliphatic heterocycles. The molecule has 1 N–H and O–H groups in total. The molecule has 6 heteroatoms. The van der Waals surface area contributed by atoms with Crippen LogP contribution in [-0.4, -0.2) is 31.3 Å². The van der Waals surface area contributed by atoms with Crippen LogP contribution in [-0.2, 0) is 10.3 Å². The van der Waals surface area contributed by atoms with E-state index in [1.807, 2.05) is 45.9 Å². The summed E-state index contributed by atoms with van der Waals surface area (Å²) in [5, 5.41) is 21.4. The van der Waals surface area contributed by atoms with Gasteiger partial charge in [0.1, 0.15) is 0 Å². The number of hydrogen-bond acceptors (Lipinski definition) is 4. The molecule has 0 aliphatic rings. The molecule has 0 unspecified atom stereocenters. The Morgan fingerprint density at radius 2 is 1.95 bits per heavy atom. The van der Waals surface area contributed by atoms with Crippen molar-refractivity contribution in [3.05, 3.63) is 29.3 Å². The molecular formula is C15H20N4O2. The van der Waals surface area contributed by atoms with E-state index in [2.05, 4.69) is 15.5 Å². The molecule has 21 heavy (non-hydrogen) atoms. The lowest BCUT2D eigenvalue weighted by atomic mass is 9.92. The van der Waals surface area contributed by atoms with Gasteiger partial charge in [0.15, 0.2) is 11.4 Å². The lowest BCUT2D eigenvalue weighted by Crippen LogP contribution is -2.42. The fraction of sp³-hybridized carbons (Fsp3) is 0.467. The van der Waals surface area contributed by atoms with Gasteiger partial charge in [0, 0.05) is 5.56 Å². The summed E-state index contributed by atoms with van der Waals surface area (Å²) in [6.45, 7) is 7.66.